The average molecular weight is 378 g/mol. The standard InChI is InChI=1S/C17H13BrFNO3/c18-10-5-6-13(14(19)9-10)15(21)7-8-20-16(22)11-3-1-2-4-12(11)17(20)23/h1-6,9,15,21H,7-8H2. The fraction of sp³-hybridized carbons (Fsp3) is 0.176. The first-order chi connectivity index (χ1) is 11.0. The van der Waals surface area contributed by atoms with Gasteiger partial charge in [-0.05, 0) is 30.7 Å². The molecule has 2 aromatic rings. The molecule has 2 amide bonds. The summed E-state index contributed by atoms with van der Waals surface area (Å²) in [5.41, 5.74) is 0.869. The second-order valence-electron chi connectivity index (χ2n) is 5.28. The van der Waals surface area contributed by atoms with Gasteiger partial charge in [-0.3, -0.25) is 14.5 Å². The molecule has 1 heterocycles. The summed E-state index contributed by atoms with van der Waals surface area (Å²) in [7, 11) is 0. The third-order valence-electron chi connectivity index (χ3n) is 3.83. The predicted molar refractivity (Wildman–Crippen MR) is 85.5 cm³/mol. The number of aliphatic hydroxyl groups is 1. The molecule has 0 aromatic heterocycles. The molecular formula is C17H13BrFNO3. The SMILES string of the molecule is O=C1c2ccccc2C(=O)N1CCC(O)c1ccc(Br)cc1F. The normalized spacial score (nSPS) is 15.0. The topological polar surface area (TPSA) is 57.6 Å². The molecule has 4 nitrogen and oxygen atoms in total. The third-order valence-corrected chi connectivity index (χ3v) is 4.32. The van der Waals surface area contributed by atoms with Gasteiger partial charge in [-0.1, -0.05) is 34.1 Å². The van der Waals surface area contributed by atoms with E-state index in [2.05, 4.69) is 15.9 Å². The van der Waals surface area contributed by atoms with Crippen molar-refractivity contribution in [3.63, 3.8) is 0 Å². The molecule has 0 radical (unpaired) electrons. The molecule has 0 bridgehead atoms. The van der Waals surface area contributed by atoms with Gasteiger partial charge in [0.2, 0.25) is 0 Å². The van der Waals surface area contributed by atoms with Crippen LogP contribution in [-0.4, -0.2) is 28.4 Å². The van der Waals surface area contributed by atoms with Crippen molar-refractivity contribution in [2.45, 2.75) is 12.5 Å². The highest BCUT2D eigenvalue weighted by Gasteiger charge is 2.35. The number of imide groups is 1. The number of hydrogen-bond acceptors (Lipinski definition) is 3. The van der Waals surface area contributed by atoms with Gasteiger partial charge >= 0.3 is 0 Å². The molecule has 118 valence electrons. The van der Waals surface area contributed by atoms with Crippen LogP contribution in [0.4, 0.5) is 4.39 Å². The van der Waals surface area contributed by atoms with Crippen LogP contribution in [0.15, 0.2) is 46.9 Å². The van der Waals surface area contributed by atoms with Crippen molar-refractivity contribution < 1.29 is 19.1 Å². The number of halogens is 2. The minimum absolute atomic E-state index is 0.0308. The van der Waals surface area contributed by atoms with Gasteiger partial charge in [0.15, 0.2) is 0 Å². The molecule has 1 atom stereocenters. The number of amides is 2. The van der Waals surface area contributed by atoms with E-state index < -0.39 is 11.9 Å². The maximum atomic E-state index is 13.8. The molecule has 0 spiro atoms. The second kappa shape index (κ2) is 6.22. The Bertz CT molecular complexity index is 758. The summed E-state index contributed by atoms with van der Waals surface area (Å²) in [6, 6.07) is 11.0. The molecule has 1 unspecified atom stereocenters. The van der Waals surface area contributed by atoms with Crippen molar-refractivity contribution in [2.75, 3.05) is 6.54 Å². The Balaban J connectivity index is 1.72. The first-order valence-electron chi connectivity index (χ1n) is 7.07. The van der Waals surface area contributed by atoms with Gasteiger partial charge in [0.05, 0.1) is 17.2 Å². The van der Waals surface area contributed by atoms with Crippen LogP contribution in [0.25, 0.3) is 0 Å². The zero-order chi connectivity index (χ0) is 16.6. The van der Waals surface area contributed by atoms with E-state index in [0.29, 0.717) is 15.6 Å². The molecular weight excluding hydrogens is 365 g/mol. The maximum absolute atomic E-state index is 13.8. The van der Waals surface area contributed by atoms with Crippen molar-refractivity contribution in [1.29, 1.82) is 0 Å². The van der Waals surface area contributed by atoms with Gasteiger partial charge in [-0.15, -0.1) is 0 Å². The van der Waals surface area contributed by atoms with Crippen molar-refractivity contribution in [2.24, 2.45) is 0 Å². The van der Waals surface area contributed by atoms with Gasteiger partial charge in [0.1, 0.15) is 5.82 Å². The minimum atomic E-state index is -1.09. The van der Waals surface area contributed by atoms with E-state index in [1.165, 1.54) is 12.1 Å². The number of carbonyl (C=O) groups is 2. The van der Waals surface area contributed by atoms with Crippen LogP contribution in [-0.2, 0) is 0 Å². The molecule has 1 aliphatic heterocycles. The minimum Gasteiger partial charge on any atom is -0.388 e. The highest BCUT2D eigenvalue weighted by atomic mass is 79.9. The number of benzene rings is 2. The highest BCUT2D eigenvalue weighted by Crippen LogP contribution is 2.26. The van der Waals surface area contributed by atoms with Crippen LogP contribution < -0.4 is 0 Å². The molecule has 0 aliphatic carbocycles. The van der Waals surface area contributed by atoms with Gasteiger partial charge in [0.25, 0.3) is 11.8 Å². The second-order valence-corrected chi connectivity index (χ2v) is 6.19. The maximum Gasteiger partial charge on any atom is 0.261 e. The quantitative estimate of drug-likeness (QED) is 0.831. The summed E-state index contributed by atoms with van der Waals surface area (Å²) in [5, 5.41) is 10.1. The summed E-state index contributed by atoms with van der Waals surface area (Å²) in [6.07, 6.45) is -1.02. The fourth-order valence-corrected chi connectivity index (χ4v) is 2.95. The Morgan fingerprint density at radius 2 is 1.70 bits per heavy atom. The van der Waals surface area contributed by atoms with E-state index in [0.717, 1.165) is 4.90 Å². The fourth-order valence-electron chi connectivity index (χ4n) is 2.62. The van der Waals surface area contributed by atoms with Gasteiger partial charge in [0, 0.05) is 16.6 Å². The Morgan fingerprint density at radius 3 is 2.26 bits per heavy atom. The number of carbonyl (C=O) groups excluding carboxylic acids is 2. The Labute approximate surface area is 140 Å². The van der Waals surface area contributed by atoms with Crippen molar-refractivity contribution in [1.82, 2.24) is 4.90 Å². The van der Waals surface area contributed by atoms with Crippen molar-refractivity contribution >= 4 is 27.7 Å². The molecule has 0 saturated carbocycles. The summed E-state index contributed by atoms with van der Waals surface area (Å²) < 4.78 is 14.4. The number of rotatable bonds is 4. The summed E-state index contributed by atoms with van der Waals surface area (Å²) in [6.45, 7) is 0.0308. The molecule has 1 N–H and O–H groups in total. The van der Waals surface area contributed by atoms with Crippen LogP contribution in [0.1, 0.15) is 38.8 Å². The van der Waals surface area contributed by atoms with Crippen LogP contribution in [0.3, 0.4) is 0 Å². The van der Waals surface area contributed by atoms with Crippen LogP contribution in [0, 0.1) is 5.82 Å². The monoisotopic (exact) mass is 377 g/mol. The number of fused-ring (bicyclic) bond motifs is 1. The lowest BCUT2D eigenvalue weighted by atomic mass is 10.1. The lowest BCUT2D eigenvalue weighted by molar-refractivity contribution is 0.0621. The molecule has 23 heavy (non-hydrogen) atoms. The smallest absolute Gasteiger partial charge is 0.261 e. The molecule has 0 fully saturated rings. The van der Waals surface area contributed by atoms with Gasteiger partial charge < -0.3 is 5.11 Å². The van der Waals surface area contributed by atoms with E-state index in [1.807, 2.05) is 0 Å². The first kappa shape index (κ1) is 15.8. The van der Waals surface area contributed by atoms with Gasteiger partial charge in [-0.2, -0.15) is 0 Å². The van der Waals surface area contributed by atoms with Crippen LogP contribution in [0.2, 0.25) is 0 Å². The van der Waals surface area contributed by atoms with E-state index in [9.17, 15) is 19.1 Å². The van der Waals surface area contributed by atoms with E-state index in [1.54, 1.807) is 30.3 Å². The highest BCUT2D eigenvalue weighted by molar-refractivity contribution is 9.10. The Hall–Kier alpha value is -2.05. The number of nitrogens with zero attached hydrogens (tertiary/aromatic N) is 1. The lowest BCUT2D eigenvalue weighted by Gasteiger charge is -2.17. The van der Waals surface area contributed by atoms with Crippen LogP contribution >= 0.6 is 15.9 Å². The lowest BCUT2D eigenvalue weighted by Crippen LogP contribution is -2.31. The van der Waals surface area contributed by atoms with Crippen molar-refractivity contribution in [3.05, 3.63) is 69.4 Å². The van der Waals surface area contributed by atoms with E-state index in [4.69, 9.17) is 0 Å². The largest absolute Gasteiger partial charge is 0.388 e. The average Bonchev–Trinajstić information content (AvgIpc) is 2.77. The number of hydrogen-bond donors (Lipinski definition) is 1. The summed E-state index contributed by atoms with van der Waals surface area (Å²) in [5.74, 6) is -1.29. The van der Waals surface area contributed by atoms with Gasteiger partial charge in [-0.25, -0.2) is 4.39 Å². The molecule has 2 aromatic carbocycles. The van der Waals surface area contributed by atoms with Crippen molar-refractivity contribution in [3.8, 4) is 0 Å². The molecule has 6 heteroatoms. The Kier molecular flexibility index (Phi) is 4.28. The van der Waals surface area contributed by atoms with E-state index >= 15 is 0 Å². The third kappa shape index (κ3) is 2.92. The van der Waals surface area contributed by atoms with Crippen LogP contribution in [0.5, 0.6) is 0 Å². The van der Waals surface area contributed by atoms with E-state index in [-0.39, 0.29) is 30.3 Å². The molecule has 3 rings (SSSR count). The Morgan fingerprint density at radius 1 is 1.09 bits per heavy atom. The zero-order valence-electron chi connectivity index (χ0n) is 12.0. The first-order valence-corrected chi connectivity index (χ1v) is 7.86. The summed E-state index contributed by atoms with van der Waals surface area (Å²) in [4.78, 5) is 25.5. The molecule has 0 saturated heterocycles. The zero-order valence-corrected chi connectivity index (χ0v) is 13.6. The molecule has 1 aliphatic rings. The predicted octanol–water partition coefficient (Wildman–Crippen LogP) is 3.31. The number of aliphatic hydroxyl groups excluding tert-OH is 1. The summed E-state index contributed by atoms with van der Waals surface area (Å²) >= 11 is 3.15.